The predicted molar refractivity (Wildman–Crippen MR) is 160 cm³/mol. The van der Waals surface area contributed by atoms with Gasteiger partial charge in [-0.1, -0.05) is 65.4 Å². The summed E-state index contributed by atoms with van der Waals surface area (Å²) in [4.78, 5) is 22.2. The SMILES string of the molecule is CCCCCCC.CCCCOc1ccc(-c2ccc3ncc4c(c3c2)n(C2CCCOC2)c(=O)n4C)cn1. The molecule has 1 aliphatic heterocycles. The molecule has 4 aromatic rings. The van der Waals surface area contributed by atoms with Crippen LogP contribution in [0.4, 0.5) is 0 Å². The van der Waals surface area contributed by atoms with Gasteiger partial charge in [0.2, 0.25) is 5.88 Å². The minimum absolute atomic E-state index is 0.0227. The van der Waals surface area contributed by atoms with Crippen LogP contribution in [0.25, 0.3) is 33.1 Å². The molecule has 1 saturated heterocycles. The minimum Gasteiger partial charge on any atom is -0.478 e. The van der Waals surface area contributed by atoms with Crippen molar-refractivity contribution < 1.29 is 9.47 Å². The number of pyridine rings is 2. The fourth-order valence-corrected chi connectivity index (χ4v) is 5.11. The van der Waals surface area contributed by atoms with Gasteiger partial charge in [-0.2, -0.15) is 0 Å². The number of hydrogen-bond donors (Lipinski definition) is 0. The number of benzene rings is 1. The molecule has 0 amide bonds. The summed E-state index contributed by atoms with van der Waals surface area (Å²) >= 11 is 0. The summed E-state index contributed by atoms with van der Waals surface area (Å²) < 4.78 is 15.0. The number of imidazole rings is 1. The van der Waals surface area contributed by atoms with Gasteiger partial charge in [0.1, 0.15) is 0 Å². The molecular formula is C32H44N4O3. The Bertz CT molecular complexity index is 1380. The van der Waals surface area contributed by atoms with E-state index in [1.807, 2.05) is 42.1 Å². The number of hydrogen-bond acceptors (Lipinski definition) is 5. The molecule has 7 nitrogen and oxygen atoms in total. The van der Waals surface area contributed by atoms with Crippen molar-refractivity contribution in [3.63, 3.8) is 0 Å². The monoisotopic (exact) mass is 532 g/mol. The van der Waals surface area contributed by atoms with Crippen molar-refractivity contribution in [1.82, 2.24) is 19.1 Å². The summed E-state index contributed by atoms with van der Waals surface area (Å²) in [5.41, 5.74) is 4.63. The highest BCUT2D eigenvalue weighted by molar-refractivity contribution is 6.04. The number of nitrogens with zero attached hydrogens (tertiary/aromatic N) is 4. The van der Waals surface area contributed by atoms with E-state index in [1.54, 1.807) is 10.8 Å². The molecular weight excluding hydrogens is 488 g/mol. The van der Waals surface area contributed by atoms with Crippen molar-refractivity contribution in [2.75, 3.05) is 19.8 Å². The zero-order valence-corrected chi connectivity index (χ0v) is 24.1. The maximum absolute atomic E-state index is 13.2. The second-order valence-corrected chi connectivity index (χ2v) is 10.5. The van der Waals surface area contributed by atoms with Gasteiger partial charge in [-0.15, -0.1) is 0 Å². The van der Waals surface area contributed by atoms with Crippen LogP contribution in [0, 0.1) is 0 Å². The molecule has 1 aromatic carbocycles. The first-order valence-corrected chi connectivity index (χ1v) is 14.8. The Balaban J connectivity index is 0.000000448. The van der Waals surface area contributed by atoms with E-state index in [0.717, 1.165) is 65.4 Å². The lowest BCUT2D eigenvalue weighted by molar-refractivity contribution is 0.0593. The van der Waals surface area contributed by atoms with Crippen LogP contribution in [-0.2, 0) is 11.8 Å². The van der Waals surface area contributed by atoms with Crippen LogP contribution in [0.1, 0.15) is 84.6 Å². The van der Waals surface area contributed by atoms with Crippen molar-refractivity contribution in [2.24, 2.45) is 7.05 Å². The molecule has 7 heteroatoms. The van der Waals surface area contributed by atoms with Gasteiger partial charge in [0.15, 0.2) is 0 Å². The number of aryl methyl sites for hydroxylation is 1. The number of fused-ring (bicyclic) bond motifs is 3. The Labute approximate surface area is 232 Å². The van der Waals surface area contributed by atoms with Crippen molar-refractivity contribution in [1.29, 1.82) is 0 Å². The normalized spacial score (nSPS) is 15.3. The Morgan fingerprint density at radius 3 is 2.38 bits per heavy atom. The van der Waals surface area contributed by atoms with Crippen LogP contribution in [-0.4, -0.2) is 38.9 Å². The van der Waals surface area contributed by atoms with Crippen LogP contribution in [0.2, 0.25) is 0 Å². The smallest absolute Gasteiger partial charge is 0.329 e. The molecule has 1 aliphatic rings. The second kappa shape index (κ2) is 14.3. The maximum Gasteiger partial charge on any atom is 0.329 e. The molecule has 0 radical (unpaired) electrons. The maximum atomic E-state index is 13.2. The van der Waals surface area contributed by atoms with E-state index in [-0.39, 0.29) is 11.7 Å². The highest BCUT2D eigenvalue weighted by atomic mass is 16.5. The van der Waals surface area contributed by atoms with Crippen molar-refractivity contribution >= 4 is 21.9 Å². The fourth-order valence-electron chi connectivity index (χ4n) is 5.11. The summed E-state index contributed by atoms with van der Waals surface area (Å²) in [6.45, 7) is 8.63. The molecule has 0 aliphatic carbocycles. The lowest BCUT2D eigenvalue weighted by Gasteiger charge is -2.23. The first-order chi connectivity index (χ1) is 19.1. The summed E-state index contributed by atoms with van der Waals surface area (Å²) in [5.74, 6) is 0.640. The third-order valence-corrected chi connectivity index (χ3v) is 7.44. The predicted octanol–water partition coefficient (Wildman–Crippen LogP) is 7.46. The van der Waals surface area contributed by atoms with Crippen LogP contribution < -0.4 is 10.4 Å². The molecule has 1 atom stereocenters. The van der Waals surface area contributed by atoms with E-state index < -0.39 is 0 Å². The third kappa shape index (κ3) is 6.88. The van der Waals surface area contributed by atoms with Gasteiger partial charge < -0.3 is 9.47 Å². The topological polar surface area (TPSA) is 71.2 Å². The van der Waals surface area contributed by atoms with Gasteiger partial charge in [-0.05, 0) is 43.0 Å². The lowest BCUT2D eigenvalue weighted by Crippen LogP contribution is -2.31. The Kier molecular flexibility index (Phi) is 10.5. The summed E-state index contributed by atoms with van der Waals surface area (Å²) in [6.07, 6.45) is 14.6. The van der Waals surface area contributed by atoms with E-state index in [0.29, 0.717) is 19.1 Å². The first kappa shape index (κ1) is 28.8. The van der Waals surface area contributed by atoms with Crippen LogP contribution >= 0.6 is 0 Å². The number of rotatable bonds is 10. The fraction of sp³-hybridized carbons (Fsp3) is 0.531. The molecule has 0 spiro atoms. The highest BCUT2D eigenvalue weighted by Crippen LogP contribution is 2.31. The molecule has 4 heterocycles. The van der Waals surface area contributed by atoms with Crippen molar-refractivity contribution in [2.45, 2.75) is 84.6 Å². The average molecular weight is 533 g/mol. The first-order valence-electron chi connectivity index (χ1n) is 14.8. The number of unbranched alkanes of at least 4 members (excludes halogenated alkanes) is 5. The summed E-state index contributed by atoms with van der Waals surface area (Å²) in [5, 5.41) is 0.964. The molecule has 0 saturated carbocycles. The zero-order chi connectivity index (χ0) is 27.6. The van der Waals surface area contributed by atoms with Gasteiger partial charge in [0.25, 0.3) is 0 Å². The Morgan fingerprint density at radius 1 is 0.949 bits per heavy atom. The molecule has 3 aromatic heterocycles. The van der Waals surface area contributed by atoms with Gasteiger partial charge in [-0.25, -0.2) is 9.78 Å². The summed E-state index contributed by atoms with van der Waals surface area (Å²) in [7, 11) is 1.81. The average Bonchev–Trinajstić information content (AvgIpc) is 3.24. The van der Waals surface area contributed by atoms with Crippen LogP contribution in [0.3, 0.4) is 0 Å². The van der Waals surface area contributed by atoms with Gasteiger partial charge >= 0.3 is 5.69 Å². The molecule has 5 rings (SSSR count). The quantitative estimate of drug-likeness (QED) is 0.198. The van der Waals surface area contributed by atoms with Crippen LogP contribution in [0.5, 0.6) is 5.88 Å². The van der Waals surface area contributed by atoms with Gasteiger partial charge in [0.05, 0.1) is 42.0 Å². The van der Waals surface area contributed by atoms with Crippen molar-refractivity contribution in [3.8, 4) is 17.0 Å². The number of aromatic nitrogens is 4. The molecule has 210 valence electrons. The van der Waals surface area contributed by atoms with E-state index in [9.17, 15) is 4.79 Å². The van der Waals surface area contributed by atoms with Crippen molar-refractivity contribution in [3.05, 3.63) is 53.2 Å². The number of ether oxygens (including phenoxy) is 2. The molecule has 1 fully saturated rings. The molecule has 1 unspecified atom stereocenters. The van der Waals surface area contributed by atoms with E-state index in [2.05, 4.69) is 36.8 Å². The van der Waals surface area contributed by atoms with Gasteiger partial charge in [-0.3, -0.25) is 14.1 Å². The third-order valence-electron chi connectivity index (χ3n) is 7.44. The largest absolute Gasteiger partial charge is 0.478 e. The molecule has 0 N–H and O–H groups in total. The Morgan fingerprint density at radius 2 is 1.72 bits per heavy atom. The summed E-state index contributed by atoms with van der Waals surface area (Å²) in [6, 6.07) is 10.1. The zero-order valence-electron chi connectivity index (χ0n) is 24.1. The van der Waals surface area contributed by atoms with E-state index in [4.69, 9.17) is 9.47 Å². The highest BCUT2D eigenvalue weighted by Gasteiger charge is 2.23. The molecule has 0 bridgehead atoms. The minimum atomic E-state index is -0.0227. The standard InChI is InChI=1S/C25H28N4O3.C7H16/c1-3-4-12-32-23-10-8-18(14-27-23)17-7-9-21-20(13-17)24-22(15-26-21)28(2)25(30)29(24)19-6-5-11-31-16-19;1-3-5-7-6-4-2/h7-10,13-15,19H,3-6,11-12,16H2,1-2H3;3-7H2,1-2H3. The second-order valence-electron chi connectivity index (χ2n) is 10.5. The van der Waals surface area contributed by atoms with E-state index >= 15 is 0 Å². The Hall–Kier alpha value is -3.19. The molecule has 39 heavy (non-hydrogen) atoms. The van der Waals surface area contributed by atoms with Gasteiger partial charge in [0, 0.05) is 36.9 Å². The lowest BCUT2D eigenvalue weighted by atomic mass is 10.0. The van der Waals surface area contributed by atoms with Crippen LogP contribution in [0.15, 0.2) is 47.5 Å². The van der Waals surface area contributed by atoms with E-state index in [1.165, 1.54) is 32.1 Å².